The lowest BCUT2D eigenvalue weighted by molar-refractivity contribution is -0.335. The van der Waals surface area contributed by atoms with E-state index in [0.29, 0.717) is 0 Å². The molecule has 4 rings (SSSR count). The number of hydrogen-bond donors (Lipinski definition) is 0. The molecule has 120 valence electrons. The van der Waals surface area contributed by atoms with Crippen LogP contribution in [-0.4, -0.2) is 5.79 Å². The van der Waals surface area contributed by atoms with Crippen LogP contribution < -0.4 is 0 Å². The van der Waals surface area contributed by atoms with Gasteiger partial charge in [0.2, 0.25) is 0 Å². The molecule has 2 aromatic carbocycles. The molecule has 0 amide bonds. The van der Waals surface area contributed by atoms with Crippen molar-refractivity contribution in [3.63, 3.8) is 0 Å². The van der Waals surface area contributed by atoms with Gasteiger partial charge in [-0.05, 0) is 49.9 Å². The second-order valence-electron chi connectivity index (χ2n) is 7.80. The second kappa shape index (κ2) is 4.68. The van der Waals surface area contributed by atoms with Crippen LogP contribution in [0.15, 0.2) is 48.5 Å². The molecule has 2 nitrogen and oxygen atoms in total. The summed E-state index contributed by atoms with van der Waals surface area (Å²) in [6.07, 6.45) is 1.59. The van der Waals surface area contributed by atoms with E-state index in [1.807, 2.05) is 0 Å². The van der Waals surface area contributed by atoms with Crippen molar-refractivity contribution in [1.29, 1.82) is 0 Å². The predicted molar refractivity (Wildman–Crippen MR) is 91.2 cm³/mol. The highest BCUT2D eigenvalue weighted by Crippen LogP contribution is 2.48. The smallest absolute Gasteiger partial charge is 0.178 e. The van der Waals surface area contributed by atoms with Gasteiger partial charge in [0.25, 0.3) is 0 Å². The Morgan fingerprint density at radius 2 is 1.04 bits per heavy atom. The Kier molecular flexibility index (Phi) is 3.04. The topological polar surface area (TPSA) is 18.5 Å². The highest BCUT2D eigenvalue weighted by atomic mass is 16.7. The Morgan fingerprint density at radius 1 is 0.652 bits per heavy atom. The van der Waals surface area contributed by atoms with E-state index in [1.165, 1.54) is 22.3 Å². The van der Waals surface area contributed by atoms with Crippen LogP contribution in [0.5, 0.6) is 0 Å². The van der Waals surface area contributed by atoms with E-state index in [1.54, 1.807) is 0 Å². The number of ether oxygens (including phenoxy) is 2. The summed E-state index contributed by atoms with van der Waals surface area (Å²) < 4.78 is 13.2. The Labute approximate surface area is 138 Å². The summed E-state index contributed by atoms with van der Waals surface area (Å²) >= 11 is 0. The molecule has 2 heterocycles. The lowest BCUT2D eigenvalue weighted by Crippen LogP contribution is -2.55. The monoisotopic (exact) mass is 308 g/mol. The summed E-state index contributed by atoms with van der Waals surface area (Å²) in [5, 5.41) is 0. The first-order chi connectivity index (χ1) is 10.8. The molecule has 0 saturated heterocycles. The van der Waals surface area contributed by atoms with Crippen LogP contribution in [0.25, 0.3) is 0 Å². The van der Waals surface area contributed by atoms with Crippen molar-refractivity contribution in [3.8, 4) is 0 Å². The SMILES string of the molecule is CC1(C)OC2(Cc3ccccc31)Cc1ccccc1C(C)(C)O2. The second-order valence-corrected chi connectivity index (χ2v) is 7.80. The van der Waals surface area contributed by atoms with Gasteiger partial charge < -0.3 is 9.47 Å². The first-order valence-electron chi connectivity index (χ1n) is 8.39. The fourth-order valence-electron chi connectivity index (χ4n) is 4.37. The molecular weight excluding hydrogens is 284 g/mol. The average Bonchev–Trinajstić information content (AvgIpc) is 2.45. The minimum atomic E-state index is -0.588. The van der Waals surface area contributed by atoms with Crippen LogP contribution in [0.2, 0.25) is 0 Å². The van der Waals surface area contributed by atoms with Gasteiger partial charge in [-0.2, -0.15) is 0 Å². The molecule has 2 aromatic rings. The number of fused-ring (bicyclic) bond motifs is 2. The summed E-state index contributed by atoms with van der Waals surface area (Å²) in [6, 6.07) is 17.1. The largest absolute Gasteiger partial charge is 0.339 e. The van der Waals surface area contributed by atoms with Gasteiger partial charge >= 0.3 is 0 Å². The van der Waals surface area contributed by atoms with Crippen molar-refractivity contribution in [2.24, 2.45) is 0 Å². The van der Waals surface area contributed by atoms with Crippen LogP contribution in [0.3, 0.4) is 0 Å². The number of rotatable bonds is 0. The number of hydrogen-bond acceptors (Lipinski definition) is 2. The maximum absolute atomic E-state index is 6.60. The van der Waals surface area contributed by atoms with E-state index in [4.69, 9.17) is 9.47 Å². The normalized spacial score (nSPS) is 23.1. The van der Waals surface area contributed by atoms with Crippen molar-refractivity contribution < 1.29 is 9.47 Å². The molecule has 2 heteroatoms. The van der Waals surface area contributed by atoms with Gasteiger partial charge in [-0.1, -0.05) is 48.5 Å². The molecule has 0 aliphatic carbocycles. The Bertz CT molecular complexity index is 692. The summed E-state index contributed by atoms with van der Waals surface area (Å²) in [4.78, 5) is 0. The van der Waals surface area contributed by atoms with Gasteiger partial charge in [0.05, 0.1) is 11.2 Å². The van der Waals surface area contributed by atoms with Crippen molar-refractivity contribution >= 4 is 0 Å². The molecule has 0 saturated carbocycles. The maximum atomic E-state index is 6.60. The lowest BCUT2D eigenvalue weighted by Gasteiger charge is -2.52. The van der Waals surface area contributed by atoms with E-state index < -0.39 is 5.79 Å². The third-order valence-electron chi connectivity index (χ3n) is 5.13. The van der Waals surface area contributed by atoms with E-state index in [9.17, 15) is 0 Å². The van der Waals surface area contributed by atoms with Crippen molar-refractivity contribution in [2.45, 2.75) is 57.5 Å². The summed E-state index contributed by atoms with van der Waals surface area (Å²) in [6.45, 7) is 8.57. The zero-order valence-corrected chi connectivity index (χ0v) is 14.3. The van der Waals surface area contributed by atoms with Crippen molar-refractivity contribution in [2.75, 3.05) is 0 Å². The van der Waals surface area contributed by atoms with Gasteiger partial charge in [0, 0.05) is 12.8 Å². The van der Waals surface area contributed by atoms with Gasteiger partial charge in [-0.25, -0.2) is 0 Å². The van der Waals surface area contributed by atoms with Crippen LogP contribution in [-0.2, 0) is 33.5 Å². The molecule has 0 atom stereocenters. The Hall–Kier alpha value is -1.64. The van der Waals surface area contributed by atoms with E-state index in [-0.39, 0.29) is 11.2 Å². The van der Waals surface area contributed by atoms with Gasteiger partial charge in [-0.15, -0.1) is 0 Å². The van der Waals surface area contributed by atoms with Crippen LogP contribution in [0.1, 0.15) is 49.9 Å². The van der Waals surface area contributed by atoms with E-state index in [0.717, 1.165) is 12.8 Å². The number of benzene rings is 2. The van der Waals surface area contributed by atoms with E-state index in [2.05, 4.69) is 76.2 Å². The van der Waals surface area contributed by atoms with Crippen LogP contribution in [0.4, 0.5) is 0 Å². The van der Waals surface area contributed by atoms with Crippen LogP contribution in [0, 0.1) is 0 Å². The molecular formula is C21H24O2. The highest BCUT2D eigenvalue weighted by molar-refractivity contribution is 5.39. The van der Waals surface area contributed by atoms with Gasteiger partial charge in [0.1, 0.15) is 0 Å². The maximum Gasteiger partial charge on any atom is 0.178 e. The van der Waals surface area contributed by atoms with Gasteiger partial charge in [0.15, 0.2) is 5.79 Å². The molecule has 0 radical (unpaired) electrons. The standard InChI is InChI=1S/C21H24O2/c1-19(2)17-11-7-5-9-15(17)13-21(22-19)14-16-10-6-8-12-18(16)20(3,4)23-21/h5-12H,13-14H2,1-4H3. The first-order valence-corrected chi connectivity index (χ1v) is 8.39. The Balaban J connectivity index is 1.82. The highest BCUT2D eigenvalue weighted by Gasteiger charge is 2.50. The molecule has 0 fully saturated rings. The average molecular weight is 308 g/mol. The molecule has 0 N–H and O–H groups in total. The van der Waals surface area contributed by atoms with Crippen molar-refractivity contribution in [1.82, 2.24) is 0 Å². The zero-order chi connectivity index (χ0) is 16.3. The van der Waals surface area contributed by atoms with E-state index >= 15 is 0 Å². The van der Waals surface area contributed by atoms with Crippen molar-refractivity contribution in [3.05, 3.63) is 70.8 Å². The molecule has 0 aromatic heterocycles. The van der Waals surface area contributed by atoms with Gasteiger partial charge in [-0.3, -0.25) is 0 Å². The van der Waals surface area contributed by atoms with Crippen LogP contribution >= 0.6 is 0 Å². The molecule has 23 heavy (non-hydrogen) atoms. The quantitative estimate of drug-likeness (QED) is 0.702. The zero-order valence-electron chi connectivity index (χ0n) is 14.3. The fourth-order valence-corrected chi connectivity index (χ4v) is 4.37. The third kappa shape index (κ3) is 2.32. The summed E-state index contributed by atoms with van der Waals surface area (Å²) in [5.74, 6) is -0.588. The molecule has 0 bridgehead atoms. The minimum absolute atomic E-state index is 0.350. The molecule has 2 aliphatic heterocycles. The molecule has 2 aliphatic rings. The fraction of sp³-hybridized carbons (Fsp3) is 0.429. The predicted octanol–water partition coefficient (Wildman–Crippen LogP) is 4.70. The summed E-state index contributed by atoms with van der Waals surface area (Å²) in [7, 11) is 0. The minimum Gasteiger partial charge on any atom is -0.339 e. The molecule has 0 unspecified atom stereocenters. The molecule has 1 spiro atoms. The summed E-state index contributed by atoms with van der Waals surface area (Å²) in [5.41, 5.74) is 4.50. The first kappa shape index (κ1) is 14.9. The Morgan fingerprint density at radius 3 is 1.48 bits per heavy atom. The lowest BCUT2D eigenvalue weighted by atomic mass is 9.79. The third-order valence-corrected chi connectivity index (χ3v) is 5.13.